The standard InChI is InChI=1S/C24H20N4O4/c1-31-18-13-11-17(12-14-18)23(29)26-20-10-6-5-9-19(20)24(30)25-15-21-27-22(28-32-21)16-7-3-2-4-8-16/h2-14H,15H2,1H3,(H,25,30)(H,26,29). The number of ether oxygens (including phenoxy) is 1. The highest BCUT2D eigenvalue weighted by molar-refractivity contribution is 6.09. The summed E-state index contributed by atoms with van der Waals surface area (Å²) in [6.45, 7) is 0.0550. The lowest BCUT2D eigenvalue weighted by Crippen LogP contribution is -2.25. The van der Waals surface area contributed by atoms with E-state index >= 15 is 0 Å². The smallest absolute Gasteiger partial charge is 0.255 e. The summed E-state index contributed by atoms with van der Waals surface area (Å²) in [5, 5.41) is 9.46. The predicted molar refractivity (Wildman–Crippen MR) is 118 cm³/mol. The lowest BCUT2D eigenvalue weighted by atomic mass is 10.1. The Kier molecular flexibility index (Phi) is 6.22. The number of methoxy groups -OCH3 is 1. The Morgan fingerprint density at radius 1 is 0.906 bits per heavy atom. The summed E-state index contributed by atoms with van der Waals surface area (Å²) < 4.78 is 10.3. The number of carbonyl (C=O) groups excluding carboxylic acids is 2. The molecule has 8 nitrogen and oxygen atoms in total. The van der Waals surface area contributed by atoms with E-state index in [1.54, 1.807) is 55.6 Å². The molecule has 160 valence electrons. The van der Waals surface area contributed by atoms with E-state index < -0.39 is 0 Å². The van der Waals surface area contributed by atoms with Gasteiger partial charge in [-0.1, -0.05) is 47.6 Å². The van der Waals surface area contributed by atoms with E-state index in [1.165, 1.54) is 0 Å². The lowest BCUT2D eigenvalue weighted by molar-refractivity contribution is 0.0947. The van der Waals surface area contributed by atoms with Gasteiger partial charge >= 0.3 is 0 Å². The molecule has 0 atom stereocenters. The van der Waals surface area contributed by atoms with Crippen LogP contribution in [0.5, 0.6) is 5.75 Å². The maximum atomic E-state index is 12.7. The number of nitrogens with zero attached hydrogens (tertiary/aromatic N) is 2. The Bertz CT molecular complexity index is 1220. The van der Waals surface area contributed by atoms with Crippen LogP contribution in [0, 0.1) is 0 Å². The Balaban J connectivity index is 1.42. The van der Waals surface area contributed by atoms with Crippen LogP contribution in [0.3, 0.4) is 0 Å². The van der Waals surface area contributed by atoms with Gasteiger partial charge in [-0.3, -0.25) is 9.59 Å². The van der Waals surface area contributed by atoms with Crippen LogP contribution in [-0.4, -0.2) is 29.1 Å². The molecule has 0 saturated heterocycles. The number of hydrogen-bond donors (Lipinski definition) is 2. The second-order valence-electron chi connectivity index (χ2n) is 6.79. The van der Waals surface area contributed by atoms with Crippen LogP contribution in [0.1, 0.15) is 26.6 Å². The first kappa shape index (κ1) is 20.8. The molecular formula is C24H20N4O4. The van der Waals surface area contributed by atoms with Crippen LogP contribution < -0.4 is 15.4 Å². The molecule has 2 N–H and O–H groups in total. The molecular weight excluding hydrogens is 408 g/mol. The van der Waals surface area contributed by atoms with Crippen LogP contribution in [-0.2, 0) is 6.54 Å². The third-order valence-corrected chi connectivity index (χ3v) is 4.67. The predicted octanol–water partition coefficient (Wildman–Crippen LogP) is 3.93. The number of para-hydroxylation sites is 1. The first-order valence-corrected chi connectivity index (χ1v) is 9.84. The second kappa shape index (κ2) is 9.57. The fourth-order valence-corrected chi connectivity index (χ4v) is 3.01. The van der Waals surface area contributed by atoms with Gasteiger partial charge in [0.15, 0.2) is 0 Å². The van der Waals surface area contributed by atoms with Crippen molar-refractivity contribution in [3.05, 3.63) is 95.9 Å². The first-order chi connectivity index (χ1) is 15.6. The van der Waals surface area contributed by atoms with E-state index in [1.807, 2.05) is 30.3 Å². The molecule has 1 heterocycles. The van der Waals surface area contributed by atoms with Gasteiger partial charge in [-0.2, -0.15) is 4.98 Å². The Hall–Kier alpha value is -4.46. The minimum Gasteiger partial charge on any atom is -0.497 e. The molecule has 32 heavy (non-hydrogen) atoms. The van der Waals surface area contributed by atoms with Gasteiger partial charge in [0.1, 0.15) is 5.75 Å². The molecule has 0 bridgehead atoms. The Morgan fingerprint density at radius 2 is 1.62 bits per heavy atom. The Labute approximate surface area is 184 Å². The van der Waals surface area contributed by atoms with E-state index in [9.17, 15) is 9.59 Å². The minimum absolute atomic E-state index is 0.0550. The van der Waals surface area contributed by atoms with Crippen molar-refractivity contribution in [3.8, 4) is 17.1 Å². The highest BCUT2D eigenvalue weighted by Gasteiger charge is 2.16. The maximum Gasteiger partial charge on any atom is 0.255 e. The van der Waals surface area contributed by atoms with Gasteiger partial charge < -0.3 is 19.9 Å². The van der Waals surface area contributed by atoms with Crippen molar-refractivity contribution in [3.63, 3.8) is 0 Å². The van der Waals surface area contributed by atoms with Crippen molar-refractivity contribution in [2.75, 3.05) is 12.4 Å². The molecule has 0 aliphatic heterocycles. The number of rotatable bonds is 7. The zero-order valence-corrected chi connectivity index (χ0v) is 17.2. The topological polar surface area (TPSA) is 106 Å². The third-order valence-electron chi connectivity index (χ3n) is 4.67. The van der Waals surface area contributed by atoms with Crippen molar-refractivity contribution in [1.82, 2.24) is 15.5 Å². The van der Waals surface area contributed by atoms with Gasteiger partial charge in [-0.05, 0) is 36.4 Å². The van der Waals surface area contributed by atoms with Crippen LogP contribution in [0.4, 0.5) is 5.69 Å². The summed E-state index contributed by atoms with van der Waals surface area (Å²) in [5.41, 5.74) is 1.97. The minimum atomic E-state index is -0.380. The number of anilines is 1. The normalized spacial score (nSPS) is 10.4. The monoisotopic (exact) mass is 428 g/mol. The molecule has 0 radical (unpaired) electrons. The van der Waals surface area contributed by atoms with Crippen LogP contribution >= 0.6 is 0 Å². The second-order valence-corrected chi connectivity index (χ2v) is 6.79. The number of hydrogen-bond acceptors (Lipinski definition) is 6. The van der Waals surface area contributed by atoms with Crippen LogP contribution in [0.25, 0.3) is 11.4 Å². The summed E-state index contributed by atoms with van der Waals surface area (Å²) in [7, 11) is 1.56. The van der Waals surface area contributed by atoms with E-state index in [0.717, 1.165) is 5.56 Å². The van der Waals surface area contributed by atoms with Gasteiger partial charge in [-0.25, -0.2) is 0 Å². The fraction of sp³-hybridized carbons (Fsp3) is 0.0833. The highest BCUT2D eigenvalue weighted by Crippen LogP contribution is 2.18. The molecule has 8 heteroatoms. The van der Waals surface area contributed by atoms with Crippen molar-refractivity contribution < 1.29 is 18.8 Å². The van der Waals surface area contributed by atoms with Gasteiger partial charge in [0.05, 0.1) is 24.9 Å². The summed E-state index contributed by atoms with van der Waals surface area (Å²) in [6.07, 6.45) is 0. The van der Waals surface area contributed by atoms with Crippen LogP contribution in [0.15, 0.2) is 83.4 Å². The molecule has 2 amide bonds. The average Bonchev–Trinajstić information content (AvgIpc) is 3.32. The number of aromatic nitrogens is 2. The molecule has 0 unspecified atom stereocenters. The van der Waals surface area contributed by atoms with Crippen molar-refractivity contribution >= 4 is 17.5 Å². The summed E-state index contributed by atoms with van der Waals surface area (Å²) in [4.78, 5) is 29.6. The van der Waals surface area contributed by atoms with Gasteiger partial charge in [0.2, 0.25) is 11.7 Å². The number of benzene rings is 3. The molecule has 0 saturated carbocycles. The molecule has 4 aromatic rings. The van der Waals surface area contributed by atoms with E-state index in [0.29, 0.717) is 28.4 Å². The summed E-state index contributed by atoms with van der Waals surface area (Å²) in [6, 6.07) is 22.8. The molecule has 0 aliphatic rings. The van der Waals surface area contributed by atoms with E-state index in [4.69, 9.17) is 9.26 Å². The highest BCUT2D eigenvalue weighted by atomic mass is 16.5. The van der Waals surface area contributed by atoms with Crippen molar-refractivity contribution in [2.45, 2.75) is 6.54 Å². The number of amides is 2. The molecule has 0 fully saturated rings. The summed E-state index contributed by atoms with van der Waals surface area (Å²) in [5.74, 6) is 0.657. The van der Waals surface area contributed by atoms with E-state index in [2.05, 4.69) is 20.8 Å². The van der Waals surface area contributed by atoms with Gasteiger partial charge in [0, 0.05) is 11.1 Å². The fourth-order valence-electron chi connectivity index (χ4n) is 3.01. The molecule has 0 spiro atoms. The Morgan fingerprint density at radius 3 is 2.38 bits per heavy atom. The summed E-state index contributed by atoms with van der Waals surface area (Å²) >= 11 is 0. The van der Waals surface area contributed by atoms with Crippen molar-refractivity contribution in [2.24, 2.45) is 0 Å². The zero-order chi connectivity index (χ0) is 22.3. The molecule has 4 rings (SSSR count). The van der Waals surface area contributed by atoms with Gasteiger partial charge in [0.25, 0.3) is 11.8 Å². The number of carbonyl (C=O) groups is 2. The SMILES string of the molecule is COc1ccc(C(=O)Nc2ccccc2C(=O)NCc2nc(-c3ccccc3)no2)cc1. The molecule has 3 aromatic carbocycles. The quantitative estimate of drug-likeness (QED) is 0.462. The molecule has 0 aliphatic carbocycles. The lowest BCUT2D eigenvalue weighted by Gasteiger charge is -2.11. The third kappa shape index (κ3) is 4.81. The van der Waals surface area contributed by atoms with Crippen LogP contribution in [0.2, 0.25) is 0 Å². The maximum absolute atomic E-state index is 12.7. The van der Waals surface area contributed by atoms with E-state index in [-0.39, 0.29) is 24.2 Å². The zero-order valence-electron chi connectivity index (χ0n) is 17.2. The largest absolute Gasteiger partial charge is 0.497 e. The van der Waals surface area contributed by atoms with Crippen molar-refractivity contribution in [1.29, 1.82) is 0 Å². The average molecular weight is 428 g/mol. The number of nitrogens with one attached hydrogen (secondary N) is 2. The first-order valence-electron chi connectivity index (χ1n) is 9.84. The molecule has 1 aromatic heterocycles. The van der Waals surface area contributed by atoms with Gasteiger partial charge in [-0.15, -0.1) is 0 Å².